The Balaban J connectivity index is 2.36. The molecule has 1 unspecified atom stereocenters. The third-order valence-corrected chi connectivity index (χ3v) is 2.43. The summed E-state index contributed by atoms with van der Waals surface area (Å²) in [5, 5.41) is 2.96. The van der Waals surface area contributed by atoms with E-state index in [0.717, 1.165) is 6.42 Å². The predicted molar refractivity (Wildman–Crippen MR) is 60.6 cm³/mol. The molecule has 1 N–H and O–H groups in total. The van der Waals surface area contributed by atoms with Crippen LogP contribution in [0.5, 0.6) is 0 Å². The number of carbonyl (C=O) groups is 1. The number of alkyl halides is 1. The second kappa shape index (κ2) is 6.03. The number of carbonyl (C=O) groups excluding carboxylic acids is 1. The van der Waals surface area contributed by atoms with Gasteiger partial charge in [-0.05, 0) is 36.1 Å². The molecule has 0 spiro atoms. The number of furan rings is 1. The molecule has 0 aliphatic carbocycles. The standard InChI is InChI=1S/C10H13Cl2NO2/c1-7(4-5-11)6-13-10(14)8-2-3-9(12)15-8/h2-3,7H,4-6H2,1H3,(H,13,14). The maximum absolute atomic E-state index is 11.5. The van der Waals surface area contributed by atoms with Crippen molar-refractivity contribution < 1.29 is 9.21 Å². The molecule has 0 bridgehead atoms. The van der Waals surface area contributed by atoms with Gasteiger partial charge in [-0.15, -0.1) is 11.6 Å². The van der Waals surface area contributed by atoms with E-state index in [2.05, 4.69) is 5.32 Å². The molecule has 1 aromatic heterocycles. The molecule has 1 atom stereocenters. The molecule has 0 saturated carbocycles. The van der Waals surface area contributed by atoms with Crippen LogP contribution in [0.25, 0.3) is 0 Å². The summed E-state index contributed by atoms with van der Waals surface area (Å²) in [4.78, 5) is 11.5. The molecule has 1 heterocycles. The van der Waals surface area contributed by atoms with Gasteiger partial charge in [-0.2, -0.15) is 0 Å². The second-order valence-corrected chi connectivity index (χ2v) is 4.15. The Morgan fingerprint density at radius 2 is 2.33 bits per heavy atom. The molecular weight excluding hydrogens is 237 g/mol. The quantitative estimate of drug-likeness (QED) is 0.816. The molecule has 0 aliphatic heterocycles. The Morgan fingerprint density at radius 3 is 2.87 bits per heavy atom. The fourth-order valence-electron chi connectivity index (χ4n) is 1.08. The van der Waals surface area contributed by atoms with Crippen LogP contribution < -0.4 is 5.32 Å². The molecule has 1 amide bonds. The van der Waals surface area contributed by atoms with Crippen LogP contribution >= 0.6 is 23.2 Å². The molecule has 0 radical (unpaired) electrons. The minimum atomic E-state index is -0.247. The summed E-state index contributed by atoms with van der Waals surface area (Å²) < 4.78 is 4.96. The number of amides is 1. The van der Waals surface area contributed by atoms with Crippen LogP contribution in [-0.4, -0.2) is 18.3 Å². The highest BCUT2D eigenvalue weighted by atomic mass is 35.5. The first-order valence-corrected chi connectivity index (χ1v) is 5.64. The summed E-state index contributed by atoms with van der Waals surface area (Å²) >= 11 is 11.1. The first kappa shape index (κ1) is 12.4. The minimum Gasteiger partial charge on any atom is -0.440 e. The van der Waals surface area contributed by atoms with Crippen molar-refractivity contribution in [1.29, 1.82) is 0 Å². The molecule has 0 aromatic carbocycles. The zero-order valence-corrected chi connectivity index (χ0v) is 9.94. The van der Waals surface area contributed by atoms with Gasteiger partial charge in [0.25, 0.3) is 5.91 Å². The van der Waals surface area contributed by atoms with Gasteiger partial charge < -0.3 is 9.73 Å². The molecule has 0 saturated heterocycles. The summed E-state index contributed by atoms with van der Waals surface area (Å²) in [6.07, 6.45) is 0.876. The van der Waals surface area contributed by atoms with E-state index in [4.69, 9.17) is 27.6 Å². The van der Waals surface area contributed by atoms with Gasteiger partial charge in [0.05, 0.1) is 0 Å². The molecule has 5 heteroatoms. The summed E-state index contributed by atoms with van der Waals surface area (Å²) in [5.74, 6) is 0.946. The molecular formula is C10H13Cl2NO2. The fraction of sp³-hybridized carbons (Fsp3) is 0.500. The lowest BCUT2D eigenvalue weighted by Gasteiger charge is -2.09. The van der Waals surface area contributed by atoms with Crippen molar-refractivity contribution in [3.8, 4) is 0 Å². The first-order valence-electron chi connectivity index (χ1n) is 4.73. The van der Waals surface area contributed by atoms with Gasteiger partial charge in [0, 0.05) is 12.4 Å². The SMILES string of the molecule is CC(CCCl)CNC(=O)c1ccc(Cl)o1. The van der Waals surface area contributed by atoms with Crippen LogP contribution in [0.1, 0.15) is 23.9 Å². The van der Waals surface area contributed by atoms with Crippen molar-refractivity contribution in [1.82, 2.24) is 5.32 Å². The van der Waals surface area contributed by atoms with E-state index < -0.39 is 0 Å². The van der Waals surface area contributed by atoms with Crippen molar-refractivity contribution in [3.05, 3.63) is 23.1 Å². The number of hydrogen-bond acceptors (Lipinski definition) is 2. The largest absolute Gasteiger partial charge is 0.440 e. The highest BCUT2D eigenvalue weighted by molar-refractivity contribution is 6.29. The minimum absolute atomic E-state index is 0.217. The normalized spacial score (nSPS) is 12.5. The van der Waals surface area contributed by atoms with Crippen LogP contribution in [0.4, 0.5) is 0 Å². The topological polar surface area (TPSA) is 42.2 Å². The third kappa shape index (κ3) is 4.14. The van der Waals surface area contributed by atoms with Crippen LogP contribution in [0.3, 0.4) is 0 Å². The van der Waals surface area contributed by atoms with Gasteiger partial charge in [-0.3, -0.25) is 4.79 Å². The van der Waals surface area contributed by atoms with Crippen LogP contribution in [0.2, 0.25) is 5.22 Å². The fourth-order valence-corrected chi connectivity index (χ4v) is 1.60. The average molecular weight is 250 g/mol. The van der Waals surface area contributed by atoms with Gasteiger partial charge in [0.1, 0.15) is 0 Å². The van der Waals surface area contributed by atoms with Gasteiger partial charge in [-0.25, -0.2) is 0 Å². The summed E-state index contributed by atoms with van der Waals surface area (Å²) in [6.45, 7) is 2.61. The third-order valence-electron chi connectivity index (χ3n) is 2.01. The zero-order valence-electron chi connectivity index (χ0n) is 8.43. The monoisotopic (exact) mass is 249 g/mol. The lowest BCUT2D eigenvalue weighted by atomic mass is 10.1. The van der Waals surface area contributed by atoms with Crippen molar-refractivity contribution in [3.63, 3.8) is 0 Å². The summed E-state index contributed by atoms with van der Waals surface area (Å²) in [5.41, 5.74) is 0. The van der Waals surface area contributed by atoms with Crippen LogP contribution in [0.15, 0.2) is 16.5 Å². The number of halogens is 2. The van der Waals surface area contributed by atoms with Gasteiger partial charge in [0.15, 0.2) is 11.0 Å². The predicted octanol–water partition coefficient (Wildman–Crippen LogP) is 2.93. The summed E-state index contributed by atoms with van der Waals surface area (Å²) in [6, 6.07) is 3.09. The molecule has 84 valence electrons. The molecule has 15 heavy (non-hydrogen) atoms. The zero-order chi connectivity index (χ0) is 11.3. The number of hydrogen-bond donors (Lipinski definition) is 1. The molecule has 1 aromatic rings. The lowest BCUT2D eigenvalue weighted by molar-refractivity contribution is 0.0920. The second-order valence-electron chi connectivity index (χ2n) is 3.40. The van der Waals surface area contributed by atoms with Gasteiger partial charge >= 0.3 is 0 Å². The van der Waals surface area contributed by atoms with E-state index in [9.17, 15) is 4.79 Å². The van der Waals surface area contributed by atoms with Crippen LogP contribution in [0, 0.1) is 5.92 Å². The Labute approximate surface area is 98.7 Å². The first-order chi connectivity index (χ1) is 7.13. The summed E-state index contributed by atoms with van der Waals surface area (Å²) in [7, 11) is 0. The molecule has 0 aliphatic rings. The van der Waals surface area contributed by atoms with Crippen molar-refractivity contribution >= 4 is 29.1 Å². The van der Waals surface area contributed by atoms with Crippen molar-refractivity contribution in [2.75, 3.05) is 12.4 Å². The maximum Gasteiger partial charge on any atom is 0.287 e. The Hall–Kier alpha value is -0.670. The van der Waals surface area contributed by atoms with Gasteiger partial charge in [-0.1, -0.05) is 6.92 Å². The highest BCUT2D eigenvalue weighted by Gasteiger charge is 2.11. The van der Waals surface area contributed by atoms with E-state index in [1.165, 1.54) is 0 Å². The van der Waals surface area contributed by atoms with E-state index in [1.54, 1.807) is 12.1 Å². The molecule has 1 rings (SSSR count). The number of nitrogens with one attached hydrogen (secondary N) is 1. The van der Waals surface area contributed by atoms with E-state index in [1.807, 2.05) is 6.92 Å². The van der Waals surface area contributed by atoms with Crippen LogP contribution in [-0.2, 0) is 0 Å². The Morgan fingerprint density at radius 1 is 1.60 bits per heavy atom. The molecule has 3 nitrogen and oxygen atoms in total. The van der Waals surface area contributed by atoms with Crippen molar-refractivity contribution in [2.45, 2.75) is 13.3 Å². The Kier molecular flexibility index (Phi) is 4.99. The lowest BCUT2D eigenvalue weighted by Crippen LogP contribution is -2.28. The Bertz CT molecular complexity index is 325. The van der Waals surface area contributed by atoms with E-state index in [0.29, 0.717) is 18.3 Å². The highest BCUT2D eigenvalue weighted by Crippen LogP contribution is 2.12. The van der Waals surface area contributed by atoms with Gasteiger partial charge in [0.2, 0.25) is 0 Å². The average Bonchev–Trinajstić information content (AvgIpc) is 2.62. The van der Waals surface area contributed by atoms with Crippen molar-refractivity contribution in [2.24, 2.45) is 5.92 Å². The smallest absolute Gasteiger partial charge is 0.287 e. The van der Waals surface area contributed by atoms with E-state index in [-0.39, 0.29) is 16.9 Å². The maximum atomic E-state index is 11.5. The van der Waals surface area contributed by atoms with E-state index >= 15 is 0 Å². The number of rotatable bonds is 5. The molecule has 0 fully saturated rings.